The minimum Gasteiger partial charge on any atom is -0.339 e. The molecule has 132 valence electrons. The molecule has 0 atom stereocenters. The van der Waals surface area contributed by atoms with Gasteiger partial charge in [0.15, 0.2) is 11.5 Å². The highest BCUT2D eigenvalue weighted by molar-refractivity contribution is 7.92. The standard InChI is InChI=1S/C13H11F3N6O2S/c1-25(23,24)21-9-4-2-8(3-5-9)17-10-6-7-11-18-19-12(13(14,15)16)22(11)20-10/h2-7,21H,1H3,(H,17,20). The van der Waals surface area contributed by atoms with E-state index in [1.807, 2.05) is 0 Å². The van der Waals surface area contributed by atoms with Gasteiger partial charge >= 0.3 is 6.18 Å². The fraction of sp³-hybridized carbons (Fsp3) is 0.154. The first kappa shape index (κ1) is 17.0. The van der Waals surface area contributed by atoms with Crippen LogP contribution in [0.4, 0.5) is 30.4 Å². The molecule has 2 N–H and O–H groups in total. The van der Waals surface area contributed by atoms with Crippen LogP contribution in [0.1, 0.15) is 5.82 Å². The first-order valence-electron chi connectivity index (χ1n) is 6.76. The molecule has 0 aliphatic carbocycles. The van der Waals surface area contributed by atoms with Crippen LogP contribution >= 0.6 is 0 Å². The van der Waals surface area contributed by atoms with Crippen LogP contribution in [0.25, 0.3) is 5.65 Å². The highest BCUT2D eigenvalue weighted by atomic mass is 32.2. The van der Waals surface area contributed by atoms with Gasteiger partial charge < -0.3 is 5.32 Å². The van der Waals surface area contributed by atoms with E-state index in [9.17, 15) is 21.6 Å². The van der Waals surface area contributed by atoms with Gasteiger partial charge in [-0.15, -0.1) is 15.3 Å². The van der Waals surface area contributed by atoms with Crippen molar-refractivity contribution in [3.8, 4) is 0 Å². The molecule has 12 heteroatoms. The van der Waals surface area contributed by atoms with Gasteiger partial charge in [-0.25, -0.2) is 8.42 Å². The van der Waals surface area contributed by atoms with Crippen molar-refractivity contribution in [2.45, 2.75) is 6.18 Å². The van der Waals surface area contributed by atoms with Gasteiger partial charge in [-0.3, -0.25) is 4.72 Å². The Bertz CT molecular complexity index is 1010. The fourth-order valence-electron chi connectivity index (χ4n) is 2.02. The van der Waals surface area contributed by atoms with Crippen LogP contribution < -0.4 is 10.0 Å². The lowest BCUT2D eigenvalue weighted by Gasteiger charge is -2.09. The number of nitrogens with zero attached hydrogens (tertiary/aromatic N) is 4. The molecule has 3 rings (SSSR count). The van der Waals surface area contributed by atoms with E-state index in [0.29, 0.717) is 15.9 Å². The Balaban J connectivity index is 1.85. The summed E-state index contributed by atoms with van der Waals surface area (Å²) >= 11 is 0. The molecule has 0 amide bonds. The number of benzene rings is 1. The third-order valence-electron chi connectivity index (χ3n) is 2.98. The molecule has 0 aliphatic heterocycles. The molecule has 0 saturated carbocycles. The smallest absolute Gasteiger partial charge is 0.339 e. The second kappa shape index (κ2) is 5.88. The molecule has 3 aromatic rings. The quantitative estimate of drug-likeness (QED) is 0.729. The average Bonchev–Trinajstić information content (AvgIpc) is 2.91. The Kier molecular flexibility index (Phi) is 3.99. The summed E-state index contributed by atoms with van der Waals surface area (Å²) < 4.78 is 63.7. The van der Waals surface area contributed by atoms with Crippen molar-refractivity contribution in [2.75, 3.05) is 16.3 Å². The number of fused-ring (bicyclic) bond motifs is 1. The van der Waals surface area contributed by atoms with Gasteiger partial charge in [-0.1, -0.05) is 0 Å². The largest absolute Gasteiger partial charge is 0.453 e. The van der Waals surface area contributed by atoms with Crippen molar-refractivity contribution < 1.29 is 21.6 Å². The molecule has 1 aromatic carbocycles. The molecule has 2 aromatic heterocycles. The summed E-state index contributed by atoms with van der Waals surface area (Å²) in [7, 11) is -3.39. The molecule has 0 bridgehead atoms. The number of rotatable bonds is 4. The maximum Gasteiger partial charge on any atom is 0.453 e. The predicted molar refractivity (Wildman–Crippen MR) is 84.0 cm³/mol. The zero-order chi connectivity index (χ0) is 18.2. The van der Waals surface area contributed by atoms with E-state index in [-0.39, 0.29) is 11.5 Å². The zero-order valence-electron chi connectivity index (χ0n) is 12.6. The molecule has 8 nitrogen and oxygen atoms in total. The Morgan fingerprint density at radius 1 is 1.00 bits per heavy atom. The van der Waals surface area contributed by atoms with Gasteiger partial charge in [-0.05, 0) is 36.4 Å². The summed E-state index contributed by atoms with van der Waals surface area (Å²) in [6.07, 6.45) is -3.65. The third kappa shape index (κ3) is 3.96. The van der Waals surface area contributed by atoms with E-state index >= 15 is 0 Å². The molecule has 25 heavy (non-hydrogen) atoms. The first-order valence-corrected chi connectivity index (χ1v) is 8.65. The van der Waals surface area contributed by atoms with Crippen LogP contribution in [0, 0.1) is 0 Å². The number of hydrogen-bond acceptors (Lipinski definition) is 6. The second-order valence-electron chi connectivity index (χ2n) is 5.09. The molecule has 0 radical (unpaired) electrons. The van der Waals surface area contributed by atoms with Crippen LogP contribution in [-0.2, 0) is 16.2 Å². The van der Waals surface area contributed by atoms with Crippen LogP contribution in [0.2, 0.25) is 0 Å². The Morgan fingerprint density at radius 2 is 1.64 bits per heavy atom. The van der Waals surface area contributed by atoms with E-state index in [1.54, 1.807) is 12.1 Å². The Labute approximate surface area is 139 Å². The highest BCUT2D eigenvalue weighted by Crippen LogP contribution is 2.28. The van der Waals surface area contributed by atoms with Crippen molar-refractivity contribution in [3.05, 3.63) is 42.2 Å². The molecule has 0 saturated heterocycles. The normalized spacial score (nSPS) is 12.3. The second-order valence-corrected chi connectivity index (χ2v) is 6.83. The van der Waals surface area contributed by atoms with Crippen LogP contribution in [0.3, 0.4) is 0 Å². The van der Waals surface area contributed by atoms with E-state index in [4.69, 9.17) is 0 Å². The average molecular weight is 372 g/mol. The maximum atomic E-state index is 12.8. The lowest BCUT2D eigenvalue weighted by atomic mass is 10.3. The molecule has 0 spiro atoms. The van der Waals surface area contributed by atoms with E-state index < -0.39 is 22.0 Å². The minimum absolute atomic E-state index is 0.0365. The molecular formula is C13H11F3N6O2S. The summed E-state index contributed by atoms with van der Waals surface area (Å²) in [6, 6.07) is 8.90. The summed E-state index contributed by atoms with van der Waals surface area (Å²) in [6.45, 7) is 0. The van der Waals surface area contributed by atoms with E-state index in [1.165, 1.54) is 24.3 Å². The first-order chi connectivity index (χ1) is 11.6. The van der Waals surface area contributed by atoms with E-state index in [2.05, 4.69) is 25.3 Å². The van der Waals surface area contributed by atoms with Gasteiger partial charge in [-0.2, -0.15) is 17.7 Å². The monoisotopic (exact) mass is 372 g/mol. The summed E-state index contributed by atoms with van der Waals surface area (Å²) in [4.78, 5) is 0. The van der Waals surface area contributed by atoms with Gasteiger partial charge in [0.2, 0.25) is 10.0 Å². The van der Waals surface area contributed by atoms with Crippen molar-refractivity contribution in [1.82, 2.24) is 19.8 Å². The Morgan fingerprint density at radius 3 is 2.24 bits per heavy atom. The lowest BCUT2D eigenvalue weighted by molar-refractivity contribution is -0.146. The lowest BCUT2D eigenvalue weighted by Crippen LogP contribution is -2.13. The van der Waals surface area contributed by atoms with Crippen molar-refractivity contribution in [1.29, 1.82) is 0 Å². The number of aromatic nitrogens is 4. The highest BCUT2D eigenvalue weighted by Gasteiger charge is 2.37. The number of hydrogen-bond donors (Lipinski definition) is 2. The Hall–Kier alpha value is -2.89. The summed E-state index contributed by atoms with van der Waals surface area (Å²) in [5, 5.41) is 13.2. The molecule has 0 unspecified atom stereocenters. The SMILES string of the molecule is CS(=O)(=O)Nc1ccc(Nc2ccc3nnc(C(F)(F)F)n3n2)cc1. The fourth-order valence-corrected chi connectivity index (χ4v) is 2.58. The molecular weight excluding hydrogens is 361 g/mol. The molecule has 2 heterocycles. The van der Waals surface area contributed by atoms with Crippen LogP contribution in [0.15, 0.2) is 36.4 Å². The number of sulfonamides is 1. The number of alkyl halides is 3. The topological polar surface area (TPSA) is 101 Å². The van der Waals surface area contributed by atoms with Crippen molar-refractivity contribution >= 4 is 32.9 Å². The van der Waals surface area contributed by atoms with Crippen molar-refractivity contribution in [2.24, 2.45) is 0 Å². The van der Waals surface area contributed by atoms with Crippen molar-refractivity contribution in [3.63, 3.8) is 0 Å². The van der Waals surface area contributed by atoms with Gasteiger partial charge in [0, 0.05) is 11.4 Å². The number of halogens is 3. The van der Waals surface area contributed by atoms with Gasteiger partial charge in [0.25, 0.3) is 5.82 Å². The molecule has 0 fully saturated rings. The zero-order valence-corrected chi connectivity index (χ0v) is 13.4. The number of anilines is 3. The molecule has 0 aliphatic rings. The third-order valence-corrected chi connectivity index (χ3v) is 3.58. The van der Waals surface area contributed by atoms with E-state index in [0.717, 1.165) is 6.26 Å². The van der Waals surface area contributed by atoms with Gasteiger partial charge in [0.05, 0.1) is 6.26 Å². The summed E-state index contributed by atoms with van der Waals surface area (Å²) in [5.74, 6) is -1.08. The maximum absolute atomic E-state index is 12.8. The predicted octanol–water partition coefficient (Wildman–Crippen LogP) is 2.26. The number of nitrogens with one attached hydrogen (secondary N) is 2. The van der Waals surface area contributed by atoms with Crippen LogP contribution in [-0.4, -0.2) is 34.5 Å². The summed E-state index contributed by atoms with van der Waals surface area (Å²) in [5.41, 5.74) is 0.827. The minimum atomic E-state index is -4.68. The van der Waals surface area contributed by atoms with Crippen LogP contribution in [0.5, 0.6) is 0 Å². The van der Waals surface area contributed by atoms with Gasteiger partial charge in [0.1, 0.15) is 0 Å².